The van der Waals surface area contributed by atoms with E-state index < -0.39 is 12.7 Å². The van der Waals surface area contributed by atoms with E-state index in [1.165, 1.54) is 15.9 Å². The van der Waals surface area contributed by atoms with Gasteiger partial charge in [0, 0.05) is 43.5 Å². The molecule has 1 fully saturated rings. The van der Waals surface area contributed by atoms with Crippen molar-refractivity contribution in [3.63, 3.8) is 0 Å². The van der Waals surface area contributed by atoms with E-state index in [0.717, 1.165) is 0 Å². The van der Waals surface area contributed by atoms with E-state index in [2.05, 4.69) is 4.98 Å². The molecule has 1 N–H and O–H groups in total. The lowest BCUT2D eigenvalue weighted by atomic mass is 10.1. The molecular weight excluding hydrogens is 311 g/mol. The average Bonchev–Trinajstić information content (AvgIpc) is 2.56. The highest BCUT2D eigenvalue weighted by Crippen LogP contribution is 2.19. The van der Waals surface area contributed by atoms with E-state index in [9.17, 15) is 22.8 Å². The quantitative estimate of drug-likeness (QED) is 0.896. The Morgan fingerprint density at radius 1 is 1.30 bits per heavy atom. The van der Waals surface area contributed by atoms with Crippen LogP contribution in [-0.2, 0) is 0 Å². The predicted molar refractivity (Wildman–Crippen MR) is 79.4 cm³/mol. The molecule has 0 spiro atoms. The number of halogens is 3. The molecule has 0 aliphatic carbocycles. The van der Waals surface area contributed by atoms with Crippen molar-refractivity contribution in [2.24, 2.45) is 5.92 Å². The second-order valence-electron chi connectivity index (χ2n) is 6.12. The SMILES string of the molecule is Cc1cc(C(=O)N2CCN(CC(F)(F)F)CC(C)C2)cc(=O)[nH]1. The first-order valence-electron chi connectivity index (χ1n) is 7.43. The van der Waals surface area contributed by atoms with Gasteiger partial charge in [0.15, 0.2) is 0 Å². The van der Waals surface area contributed by atoms with Crippen LogP contribution in [0.5, 0.6) is 0 Å². The molecule has 0 bridgehead atoms. The van der Waals surface area contributed by atoms with Gasteiger partial charge >= 0.3 is 6.18 Å². The number of rotatable bonds is 2. The molecule has 0 aromatic carbocycles. The number of hydrogen-bond acceptors (Lipinski definition) is 3. The summed E-state index contributed by atoms with van der Waals surface area (Å²) in [6.45, 7) is 3.56. The van der Waals surface area contributed by atoms with Crippen molar-refractivity contribution in [1.29, 1.82) is 0 Å². The highest BCUT2D eigenvalue weighted by molar-refractivity contribution is 5.94. The molecule has 1 amide bonds. The van der Waals surface area contributed by atoms with Gasteiger partial charge in [-0.05, 0) is 18.9 Å². The van der Waals surface area contributed by atoms with Crippen molar-refractivity contribution in [3.05, 3.63) is 33.7 Å². The van der Waals surface area contributed by atoms with Gasteiger partial charge in [0.2, 0.25) is 5.56 Å². The zero-order valence-corrected chi connectivity index (χ0v) is 13.1. The van der Waals surface area contributed by atoms with Crippen molar-refractivity contribution in [2.45, 2.75) is 20.0 Å². The van der Waals surface area contributed by atoms with Gasteiger partial charge in [0.25, 0.3) is 5.91 Å². The van der Waals surface area contributed by atoms with Crippen LogP contribution in [0.25, 0.3) is 0 Å². The van der Waals surface area contributed by atoms with E-state index in [1.807, 2.05) is 6.92 Å². The van der Waals surface area contributed by atoms with E-state index in [4.69, 9.17) is 0 Å². The number of hydrogen-bond donors (Lipinski definition) is 1. The Morgan fingerprint density at radius 2 is 2.00 bits per heavy atom. The summed E-state index contributed by atoms with van der Waals surface area (Å²) in [5.41, 5.74) is 0.472. The fourth-order valence-corrected chi connectivity index (χ4v) is 2.89. The third-order valence-electron chi connectivity index (χ3n) is 3.70. The van der Waals surface area contributed by atoms with Crippen molar-refractivity contribution in [3.8, 4) is 0 Å². The third kappa shape index (κ3) is 5.09. The number of aromatic amines is 1. The number of carbonyl (C=O) groups is 1. The Hall–Kier alpha value is -1.83. The van der Waals surface area contributed by atoms with Crippen LogP contribution >= 0.6 is 0 Å². The number of nitrogens with zero attached hydrogens (tertiary/aromatic N) is 2. The largest absolute Gasteiger partial charge is 0.401 e. The van der Waals surface area contributed by atoms with Gasteiger partial charge in [-0.15, -0.1) is 0 Å². The van der Waals surface area contributed by atoms with Crippen LogP contribution in [-0.4, -0.2) is 59.6 Å². The molecule has 1 atom stereocenters. The maximum absolute atomic E-state index is 12.5. The molecule has 1 aromatic heterocycles. The zero-order chi connectivity index (χ0) is 17.2. The van der Waals surface area contributed by atoms with Gasteiger partial charge in [-0.25, -0.2) is 0 Å². The smallest absolute Gasteiger partial charge is 0.337 e. The fourth-order valence-electron chi connectivity index (χ4n) is 2.89. The number of aryl methyl sites for hydroxylation is 1. The van der Waals surface area contributed by atoms with Gasteiger partial charge in [-0.1, -0.05) is 6.92 Å². The number of nitrogens with one attached hydrogen (secondary N) is 1. The number of amides is 1. The molecular formula is C15H20F3N3O2. The third-order valence-corrected chi connectivity index (χ3v) is 3.70. The second kappa shape index (κ2) is 6.74. The van der Waals surface area contributed by atoms with Gasteiger partial charge in [0.05, 0.1) is 6.54 Å². The second-order valence-corrected chi connectivity index (χ2v) is 6.12. The minimum Gasteiger partial charge on any atom is -0.337 e. The van der Waals surface area contributed by atoms with Crippen LogP contribution in [0.1, 0.15) is 23.0 Å². The summed E-state index contributed by atoms with van der Waals surface area (Å²) in [5, 5.41) is 0. The average molecular weight is 331 g/mol. The highest BCUT2D eigenvalue weighted by atomic mass is 19.4. The Kier molecular flexibility index (Phi) is 5.13. The van der Waals surface area contributed by atoms with Crippen LogP contribution in [0.15, 0.2) is 16.9 Å². The lowest BCUT2D eigenvalue weighted by Crippen LogP contribution is -2.38. The number of pyridine rings is 1. The molecule has 0 saturated carbocycles. The molecule has 5 nitrogen and oxygen atoms in total. The predicted octanol–water partition coefficient (Wildman–Crippen LogP) is 1.64. The molecule has 0 radical (unpaired) electrons. The summed E-state index contributed by atoms with van der Waals surface area (Å²) in [6, 6.07) is 2.80. The molecule has 1 aliphatic heterocycles. The van der Waals surface area contributed by atoms with Gasteiger partial charge in [-0.2, -0.15) is 13.2 Å². The molecule has 128 valence electrons. The summed E-state index contributed by atoms with van der Waals surface area (Å²) in [7, 11) is 0. The van der Waals surface area contributed by atoms with E-state index in [-0.39, 0.29) is 42.6 Å². The fraction of sp³-hybridized carbons (Fsp3) is 0.600. The summed E-state index contributed by atoms with van der Waals surface area (Å²) in [4.78, 5) is 29.4. The summed E-state index contributed by atoms with van der Waals surface area (Å²) >= 11 is 0. The van der Waals surface area contributed by atoms with Gasteiger partial charge in [0.1, 0.15) is 0 Å². The summed E-state index contributed by atoms with van der Waals surface area (Å²) < 4.78 is 37.6. The van der Waals surface area contributed by atoms with Gasteiger partial charge in [-0.3, -0.25) is 14.5 Å². The summed E-state index contributed by atoms with van der Waals surface area (Å²) in [5.74, 6) is -0.396. The minimum absolute atomic E-state index is 0.0770. The Labute approximate surface area is 132 Å². The Morgan fingerprint density at radius 3 is 2.61 bits per heavy atom. The lowest BCUT2D eigenvalue weighted by molar-refractivity contribution is -0.146. The number of alkyl halides is 3. The summed E-state index contributed by atoms with van der Waals surface area (Å²) in [6.07, 6.45) is -4.25. The molecule has 8 heteroatoms. The highest BCUT2D eigenvalue weighted by Gasteiger charge is 2.33. The molecule has 23 heavy (non-hydrogen) atoms. The maximum Gasteiger partial charge on any atom is 0.401 e. The standard InChI is InChI=1S/C15H20F3N3O2/c1-10-7-20(9-15(16,17)18)3-4-21(8-10)14(23)12-5-11(2)19-13(22)6-12/h5-6,10H,3-4,7-9H2,1-2H3,(H,19,22). The molecule has 2 rings (SSSR count). The van der Waals surface area contributed by atoms with Crippen molar-refractivity contribution < 1.29 is 18.0 Å². The zero-order valence-electron chi connectivity index (χ0n) is 13.1. The first-order chi connectivity index (χ1) is 10.6. The molecule has 1 unspecified atom stereocenters. The molecule has 1 aromatic rings. The van der Waals surface area contributed by atoms with E-state index in [1.54, 1.807) is 13.0 Å². The van der Waals surface area contributed by atoms with Crippen LogP contribution < -0.4 is 5.56 Å². The van der Waals surface area contributed by atoms with Crippen LogP contribution in [0, 0.1) is 12.8 Å². The molecule has 1 aliphatic rings. The Balaban J connectivity index is 2.11. The van der Waals surface area contributed by atoms with Gasteiger partial charge < -0.3 is 9.88 Å². The minimum atomic E-state index is -4.25. The number of carbonyl (C=O) groups excluding carboxylic acids is 1. The van der Waals surface area contributed by atoms with Crippen molar-refractivity contribution in [1.82, 2.24) is 14.8 Å². The normalized spacial score (nSPS) is 20.4. The van der Waals surface area contributed by atoms with E-state index in [0.29, 0.717) is 12.2 Å². The maximum atomic E-state index is 12.5. The molecule has 2 heterocycles. The van der Waals surface area contributed by atoms with E-state index >= 15 is 0 Å². The van der Waals surface area contributed by atoms with Crippen molar-refractivity contribution >= 4 is 5.91 Å². The number of aromatic nitrogens is 1. The monoisotopic (exact) mass is 331 g/mol. The first kappa shape index (κ1) is 17.5. The van der Waals surface area contributed by atoms with Crippen LogP contribution in [0.3, 0.4) is 0 Å². The Bertz CT molecular complexity index is 627. The van der Waals surface area contributed by atoms with Crippen LogP contribution in [0.4, 0.5) is 13.2 Å². The van der Waals surface area contributed by atoms with Crippen LogP contribution in [0.2, 0.25) is 0 Å². The number of H-pyrrole nitrogens is 1. The lowest BCUT2D eigenvalue weighted by Gasteiger charge is -2.22. The molecule has 1 saturated heterocycles. The van der Waals surface area contributed by atoms with Crippen molar-refractivity contribution in [2.75, 3.05) is 32.7 Å². The first-order valence-corrected chi connectivity index (χ1v) is 7.43. The topological polar surface area (TPSA) is 56.4 Å².